The minimum Gasteiger partial charge on any atom is -0.324 e. The second-order valence-electron chi connectivity index (χ2n) is 2.38. The maximum absolute atomic E-state index is 11.6. The fourth-order valence-corrected chi connectivity index (χ4v) is 3.86. The van der Waals surface area contributed by atoms with Crippen molar-refractivity contribution < 1.29 is 22.9 Å². The Hall–Kier alpha value is 0.340. The Kier molecular flexibility index (Phi) is 5.42. The first-order valence-corrected chi connectivity index (χ1v) is 7.65. The van der Waals surface area contributed by atoms with Crippen LogP contribution in [0.4, 0.5) is 0 Å². The molecule has 0 aromatic carbocycles. The second-order valence-corrected chi connectivity index (χ2v) is 7.05. The van der Waals surface area contributed by atoms with Gasteiger partial charge in [0.05, 0.1) is 6.61 Å². The molecule has 0 saturated carbocycles. The highest BCUT2D eigenvalue weighted by Gasteiger charge is 2.31. The molecule has 0 heterocycles. The third-order valence-electron chi connectivity index (χ3n) is 1.36. The molecule has 2 atom stereocenters. The molecule has 13 heavy (non-hydrogen) atoms. The maximum atomic E-state index is 11.6. The smallest absolute Gasteiger partial charge is 0.324 e. The number of hydrogen-bond acceptors (Lipinski definition) is 4. The van der Waals surface area contributed by atoms with Crippen LogP contribution in [0.15, 0.2) is 0 Å². The van der Waals surface area contributed by atoms with Crippen LogP contribution in [0.5, 0.6) is 0 Å². The summed E-state index contributed by atoms with van der Waals surface area (Å²) in [4.78, 5) is 9.10. The Bertz CT molecular complexity index is 239. The lowest BCUT2D eigenvalue weighted by atomic mass is 10.9. The van der Waals surface area contributed by atoms with Gasteiger partial charge >= 0.3 is 15.2 Å². The predicted octanol–water partition coefficient (Wildman–Crippen LogP) is 2.46. The van der Waals surface area contributed by atoms with Crippen molar-refractivity contribution in [2.24, 2.45) is 0 Å². The van der Waals surface area contributed by atoms with Crippen LogP contribution in [0.25, 0.3) is 0 Å². The SMILES string of the molecule is CCOP(=O)(CC)OP(=O)(O)CC. The molecule has 1 N–H and O–H groups in total. The molecule has 0 spiro atoms. The van der Waals surface area contributed by atoms with Crippen molar-refractivity contribution in [2.75, 3.05) is 18.9 Å². The van der Waals surface area contributed by atoms with Gasteiger partial charge in [0, 0.05) is 12.3 Å². The molecule has 0 rings (SSSR count). The molecule has 0 saturated heterocycles. The molecule has 7 heteroatoms. The summed E-state index contributed by atoms with van der Waals surface area (Å²) in [7, 11) is -7.08. The molecule has 2 unspecified atom stereocenters. The quantitative estimate of drug-likeness (QED) is 0.709. The van der Waals surface area contributed by atoms with Crippen LogP contribution in [-0.2, 0) is 18.0 Å². The topological polar surface area (TPSA) is 72.8 Å². The van der Waals surface area contributed by atoms with Crippen molar-refractivity contribution in [3.8, 4) is 0 Å². The summed E-state index contributed by atoms with van der Waals surface area (Å²) in [5.74, 6) is 0. The zero-order valence-electron chi connectivity index (χ0n) is 8.10. The van der Waals surface area contributed by atoms with E-state index in [0.717, 1.165) is 0 Å². The van der Waals surface area contributed by atoms with Crippen molar-refractivity contribution in [3.63, 3.8) is 0 Å². The van der Waals surface area contributed by atoms with Crippen LogP contribution in [0.2, 0.25) is 0 Å². The molecule has 0 aliphatic rings. The van der Waals surface area contributed by atoms with Gasteiger partial charge in [-0.15, -0.1) is 0 Å². The zero-order chi connectivity index (χ0) is 10.5. The fourth-order valence-electron chi connectivity index (χ4n) is 0.621. The van der Waals surface area contributed by atoms with Crippen molar-refractivity contribution in [2.45, 2.75) is 20.8 Å². The molecule has 0 bridgehead atoms. The Balaban J connectivity index is 4.45. The molecule has 0 aliphatic carbocycles. The first-order valence-electron chi connectivity index (χ1n) is 4.16. The molecule has 0 aliphatic heterocycles. The Labute approximate surface area is 78.5 Å². The van der Waals surface area contributed by atoms with Crippen LogP contribution in [0, 0.1) is 0 Å². The monoisotopic (exact) mass is 230 g/mol. The molecule has 5 nitrogen and oxygen atoms in total. The molecular weight excluding hydrogens is 214 g/mol. The van der Waals surface area contributed by atoms with Gasteiger partial charge in [-0.05, 0) is 6.92 Å². The van der Waals surface area contributed by atoms with E-state index >= 15 is 0 Å². The normalized spacial score (nSPS) is 20.6. The van der Waals surface area contributed by atoms with E-state index < -0.39 is 15.2 Å². The van der Waals surface area contributed by atoms with E-state index in [0.29, 0.717) is 0 Å². The Morgan fingerprint density at radius 3 is 2.00 bits per heavy atom. The van der Waals surface area contributed by atoms with E-state index in [9.17, 15) is 9.13 Å². The van der Waals surface area contributed by atoms with E-state index in [4.69, 9.17) is 9.42 Å². The van der Waals surface area contributed by atoms with Crippen LogP contribution < -0.4 is 0 Å². The van der Waals surface area contributed by atoms with Gasteiger partial charge in [-0.2, -0.15) is 0 Å². The minimum atomic E-state index is -3.73. The van der Waals surface area contributed by atoms with Crippen molar-refractivity contribution in [1.29, 1.82) is 0 Å². The second kappa shape index (κ2) is 5.28. The summed E-state index contributed by atoms with van der Waals surface area (Å²) >= 11 is 0. The lowest BCUT2D eigenvalue weighted by Crippen LogP contribution is -1.98. The summed E-state index contributed by atoms with van der Waals surface area (Å²) < 4.78 is 32.1. The summed E-state index contributed by atoms with van der Waals surface area (Å²) in [6.07, 6.45) is 0.0372. The number of rotatable bonds is 6. The average molecular weight is 230 g/mol. The summed E-state index contributed by atoms with van der Waals surface area (Å²) in [6.45, 7) is 4.94. The van der Waals surface area contributed by atoms with Crippen LogP contribution in [0.3, 0.4) is 0 Å². The molecule has 0 amide bonds. The van der Waals surface area contributed by atoms with Gasteiger partial charge in [0.15, 0.2) is 0 Å². The summed E-state index contributed by atoms with van der Waals surface area (Å²) in [6, 6.07) is 0. The predicted molar refractivity (Wildman–Crippen MR) is 51.2 cm³/mol. The van der Waals surface area contributed by atoms with Gasteiger partial charge in [-0.3, -0.25) is 9.13 Å². The molecule has 0 aromatic rings. The zero-order valence-corrected chi connectivity index (χ0v) is 9.88. The largest absolute Gasteiger partial charge is 0.337 e. The highest BCUT2D eigenvalue weighted by molar-refractivity contribution is 7.66. The first-order chi connectivity index (χ1) is 5.89. The summed E-state index contributed by atoms with van der Waals surface area (Å²) in [5, 5.41) is 0. The van der Waals surface area contributed by atoms with Crippen LogP contribution >= 0.6 is 15.2 Å². The van der Waals surface area contributed by atoms with Gasteiger partial charge in [0.1, 0.15) is 0 Å². The number of hydrogen-bond donors (Lipinski definition) is 1. The minimum absolute atomic E-state index is 0.0654. The van der Waals surface area contributed by atoms with Crippen LogP contribution in [-0.4, -0.2) is 23.8 Å². The fraction of sp³-hybridized carbons (Fsp3) is 1.00. The van der Waals surface area contributed by atoms with E-state index in [1.54, 1.807) is 13.8 Å². The van der Waals surface area contributed by atoms with Crippen molar-refractivity contribution >= 4 is 15.2 Å². The third-order valence-corrected chi connectivity index (χ3v) is 5.61. The highest BCUT2D eigenvalue weighted by Crippen LogP contribution is 2.61. The Morgan fingerprint density at radius 1 is 1.15 bits per heavy atom. The van der Waals surface area contributed by atoms with Gasteiger partial charge in [-0.1, -0.05) is 13.8 Å². The standard InChI is InChI=1S/C6H16O5P2/c1-4-10-13(9,6-3)11-12(7,8)5-2/h4-6H2,1-3H3,(H,7,8). The maximum Gasteiger partial charge on any atom is 0.337 e. The van der Waals surface area contributed by atoms with E-state index in [2.05, 4.69) is 4.31 Å². The van der Waals surface area contributed by atoms with Gasteiger partial charge < -0.3 is 9.42 Å². The first kappa shape index (κ1) is 13.3. The molecular formula is C6H16O5P2. The van der Waals surface area contributed by atoms with Gasteiger partial charge in [-0.25, -0.2) is 4.31 Å². The molecule has 0 fully saturated rings. The van der Waals surface area contributed by atoms with Gasteiger partial charge in [0.2, 0.25) is 0 Å². The van der Waals surface area contributed by atoms with Crippen molar-refractivity contribution in [1.82, 2.24) is 0 Å². The summed E-state index contributed by atoms with van der Waals surface area (Å²) in [5.41, 5.74) is 0. The van der Waals surface area contributed by atoms with Crippen molar-refractivity contribution in [3.05, 3.63) is 0 Å². The lowest BCUT2D eigenvalue weighted by molar-refractivity contribution is 0.266. The highest BCUT2D eigenvalue weighted by atomic mass is 31.3. The van der Waals surface area contributed by atoms with Gasteiger partial charge in [0.25, 0.3) is 0 Å². The van der Waals surface area contributed by atoms with Crippen LogP contribution in [0.1, 0.15) is 20.8 Å². The molecule has 0 aromatic heterocycles. The van der Waals surface area contributed by atoms with E-state index in [1.165, 1.54) is 6.92 Å². The van der Waals surface area contributed by atoms with E-state index in [1.807, 2.05) is 0 Å². The average Bonchev–Trinajstić information content (AvgIpc) is 2.04. The Morgan fingerprint density at radius 2 is 1.69 bits per heavy atom. The van der Waals surface area contributed by atoms with E-state index in [-0.39, 0.29) is 18.9 Å². The third kappa shape index (κ3) is 4.94. The molecule has 80 valence electrons. The lowest BCUT2D eigenvalue weighted by Gasteiger charge is -2.18. The molecule has 0 radical (unpaired) electrons.